The van der Waals surface area contributed by atoms with Crippen LogP contribution in [0.3, 0.4) is 0 Å². The highest BCUT2D eigenvalue weighted by Gasteiger charge is 2.28. The highest BCUT2D eigenvalue weighted by molar-refractivity contribution is 5.79. The molecule has 0 bridgehead atoms. The second-order valence-electron chi connectivity index (χ2n) is 7.23. The van der Waals surface area contributed by atoms with Crippen LogP contribution < -0.4 is 5.32 Å². The second-order valence-corrected chi connectivity index (χ2v) is 7.23. The number of rotatable bonds is 4. The number of nitrogens with one attached hydrogen (secondary N) is 1. The molecule has 3 aromatic carbocycles. The minimum atomic E-state index is -0.496. The van der Waals surface area contributed by atoms with Crippen LogP contribution in [0.25, 0.3) is 11.1 Å². The van der Waals surface area contributed by atoms with Crippen molar-refractivity contribution in [3.8, 4) is 23.0 Å². The Morgan fingerprint density at radius 1 is 1.03 bits per heavy atom. The highest BCUT2D eigenvalue weighted by Crippen LogP contribution is 2.44. The number of aryl methyl sites for hydroxylation is 1. The first-order valence-electron chi connectivity index (χ1n) is 9.80. The minimum Gasteiger partial charge on any atom is -0.449 e. The molecule has 30 heavy (non-hydrogen) atoms. The first kappa shape index (κ1) is 19.5. The van der Waals surface area contributed by atoms with Crippen molar-refractivity contribution >= 4 is 12.4 Å². The van der Waals surface area contributed by atoms with E-state index in [1.54, 1.807) is 12.1 Å². The second kappa shape index (κ2) is 8.67. The van der Waals surface area contributed by atoms with Crippen molar-refractivity contribution in [3.63, 3.8) is 0 Å². The topological polar surface area (TPSA) is 55.4 Å². The molecule has 4 nitrogen and oxygen atoms in total. The maximum Gasteiger partial charge on any atom is 0.407 e. The summed E-state index contributed by atoms with van der Waals surface area (Å²) in [5.74, 6) is 5.88. The van der Waals surface area contributed by atoms with Crippen LogP contribution in [0, 0.1) is 18.8 Å². The summed E-state index contributed by atoms with van der Waals surface area (Å²) in [4.78, 5) is 23.1. The van der Waals surface area contributed by atoms with E-state index < -0.39 is 6.09 Å². The summed E-state index contributed by atoms with van der Waals surface area (Å²) in [5, 5.41) is 2.66. The van der Waals surface area contributed by atoms with Crippen molar-refractivity contribution in [2.24, 2.45) is 0 Å². The maximum atomic E-state index is 12.1. The van der Waals surface area contributed by atoms with Gasteiger partial charge in [-0.05, 0) is 52.9 Å². The lowest BCUT2D eigenvalue weighted by Gasteiger charge is -2.14. The lowest BCUT2D eigenvalue weighted by Crippen LogP contribution is -2.26. The normalized spacial score (nSPS) is 11.6. The van der Waals surface area contributed by atoms with Crippen LogP contribution in [-0.2, 0) is 4.74 Å². The van der Waals surface area contributed by atoms with Gasteiger partial charge in [0.05, 0.1) is 6.54 Å². The number of fused-ring (bicyclic) bond motifs is 3. The molecule has 0 saturated carbocycles. The molecular weight excluding hydrogens is 374 g/mol. The molecule has 0 fully saturated rings. The molecule has 3 aromatic rings. The van der Waals surface area contributed by atoms with Crippen LogP contribution in [0.15, 0.2) is 66.7 Å². The van der Waals surface area contributed by atoms with Gasteiger partial charge in [0.25, 0.3) is 0 Å². The van der Waals surface area contributed by atoms with Crippen molar-refractivity contribution in [1.82, 2.24) is 5.32 Å². The van der Waals surface area contributed by atoms with Gasteiger partial charge in [0.1, 0.15) is 12.9 Å². The predicted molar refractivity (Wildman–Crippen MR) is 117 cm³/mol. The summed E-state index contributed by atoms with van der Waals surface area (Å²) in [6.45, 7) is 2.35. The van der Waals surface area contributed by atoms with Gasteiger partial charge >= 0.3 is 6.09 Å². The molecule has 0 saturated heterocycles. The third-order valence-corrected chi connectivity index (χ3v) is 5.13. The monoisotopic (exact) mass is 395 g/mol. The van der Waals surface area contributed by atoms with E-state index in [0.29, 0.717) is 5.56 Å². The number of amides is 1. The molecule has 0 aromatic heterocycles. The van der Waals surface area contributed by atoms with E-state index in [2.05, 4.69) is 41.4 Å². The van der Waals surface area contributed by atoms with E-state index in [1.165, 1.54) is 22.3 Å². The Kier molecular flexibility index (Phi) is 5.63. The first-order chi connectivity index (χ1) is 14.7. The summed E-state index contributed by atoms with van der Waals surface area (Å²) in [6.07, 6.45) is 0.302. The first-order valence-corrected chi connectivity index (χ1v) is 9.80. The summed E-state index contributed by atoms with van der Waals surface area (Å²) in [5.41, 5.74) is 7.04. The number of aldehydes is 1. The van der Waals surface area contributed by atoms with E-state index in [1.807, 2.05) is 37.3 Å². The number of hydrogen-bond donors (Lipinski definition) is 1. The molecule has 0 atom stereocenters. The van der Waals surface area contributed by atoms with E-state index in [-0.39, 0.29) is 19.1 Å². The van der Waals surface area contributed by atoms with Crippen molar-refractivity contribution in [1.29, 1.82) is 0 Å². The summed E-state index contributed by atoms with van der Waals surface area (Å²) >= 11 is 0. The standard InChI is InChI=1S/C26H21NO3/c1-18-13-19(15-20(14-18)16-28)7-6-12-27-26(29)30-17-25-23-10-4-2-8-21(23)22-9-3-5-11-24(22)25/h2-5,8-11,13-16,25H,12,17H2,1H3,(H,27,29). The molecule has 0 heterocycles. The average Bonchev–Trinajstić information content (AvgIpc) is 3.09. The molecule has 0 spiro atoms. The number of benzene rings is 3. The molecule has 0 radical (unpaired) electrons. The number of carbonyl (C=O) groups is 2. The zero-order valence-electron chi connectivity index (χ0n) is 16.6. The molecule has 4 rings (SSSR count). The summed E-state index contributed by atoms with van der Waals surface area (Å²) in [7, 11) is 0. The van der Waals surface area contributed by atoms with Gasteiger partial charge in [-0.2, -0.15) is 0 Å². The van der Waals surface area contributed by atoms with Gasteiger partial charge in [0.15, 0.2) is 0 Å². The van der Waals surface area contributed by atoms with E-state index in [9.17, 15) is 9.59 Å². The molecule has 4 heteroatoms. The molecule has 1 aliphatic carbocycles. The molecule has 148 valence electrons. The van der Waals surface area contributed by atoms with Crippen LogP contribution in [0.1, 0.15) is 38.5 Å². The van der Waals surface area contributed by atoms with Gasteiger partial charge in [0, 0.05) is 17.0 Å². The fourth-order valence-corrected chi connectivity index (χ4v) is 3.87. The quantitative estimate of drug-likeness (QED) is 0.515. The fraction of sp³-hybridized carbons (Fsp3) is 0.154. The zero-order valence-corrected chi connectivity index (χ0v) is 16.6. The SMILES string of the molecule is Cc1cc(C#CCNC(=O)OCC2c3ccccc3-c3ccccc32)cc(C=O)c1. The van der Waals surface area contributed by atoms with Crippen molar-refractivity contribution in [3.05, 3.63) is 94.5 Å². The van der Waals surface area contributed by atoms with E-state index in [4.69, 9.17) is 4.74 Å². The number of ether oxygens (including phenoxy) is 1. The third-order valence-electron chi connectivity index (χ3n) is 5.13. The van der Waals surface area contributed by atoms with Crippen LogP contribution in [0.5, 0.6) is 0 Å². The Morgan fingerprint density at radius 3 is 2.37 bits per heavy atom. The molecule has 1 aliphatic rings. The Labute approximate surface area is 175 Å². The average molecular weight is 395 g/mol. The van der Waals surface area contributed by atoms with Crippen LogP contribution in [-0.4, -0.2) is 25.5 Å². The lowest BCUT2D eigenvalue weighted by molar-refractivity contribution is 0.112. The molecular formula is C26H21NO3. The molecule has 0 aliphatic heterocycles. The molecule has 0 unspecified atom stereocenters. The largest absolute Gasteiger partial charge is 0.449 e. The Hall–Kier alpha value is -3.84. The predicted octanol–water partition coefficient (Wildman–Crippen LogP) is 4.70. The lowest BCUT2D eigenvalue weighted by atomic mass is 9.98. The number of hydrogen-bond acceptors (Lipinski definition) is 3. The van der Waals surface area contributed by atoms with Crippen LogP contribution >= 0.6 is 0 Å². The van der Waals surface area contributed by atoms with Gasteiger partial charge in [-0.1, -0.05) is 60.4 Å². The zero-order chi connectivity index (χ0) is 20.9. The van der Waals surface area contributed by atoms with E-state index >= 15 is 0 Å². The van der Waals surface area contributed by atoms with Gasteiger partial charge in [-0.3, -0.25) is 4.79 Å². The van der Waals surface area contributed by atoms with Crippen molar-refractivity contribution < 1.29 is 14.3 Å². The Morgan fingerprint density at radius 2 is 1.70 bits per heavy atom. The smallest absolute Gasteiger partial charge is 0.407 e. The summed E-state index contributed by atoms with van der Waals surface area (Å²) in [6, 6.07) is 21.9. The third kappa shape index (κ3) is 4.11. The van der Waals surface area contributed by atoms with Crippen LogP contribution in [0.2, 0.25) is 0 Å². The van der Waals surface area contributed by atoms with Crippen molar-refractivity contribution in [2.75, 3.05) is 13.2 Å². The minimum absolute atomic E-state index is 0.0308. The van der Waals surface area contributed by atoms with E-state index in [0.717, 1.165) is 17.4 Å². The molecule has 1 amide bonds. The van der Waals surface area contributed by atoms with Gasteiger partial charge in [0.2, 0.25) is 0 Å². The Balaban J connectivity index is 1.35. The number of alkyl carbamates (subject to hydrolysis) is 1. The molecule has 1 N–H and O–H groups in total. The van der Waals surface area contributed by atoms with Gasteiger partial charge in [-0.15, -0.1) is 0 Å². The fourth-order valence-electron chi connectivity index (χ4n) is 3.87. The highest BCUT2D eigenvalue weighted by atomic mass is 16.5. The van der Waals surface area contributed by atoms with Gasteiger partial charge < -0.3 is 10.1 Å². The maximum absolute atomic E-state index is 12.1. The summed E-state index contributed by atoms with van der Waals surface area (Å²) < 4.78 is 5.48. The van der Waals surface area contributed by atoms with Gasteiger partial charge in [-0.25, -0.2) is 4.79 Å². The van der Waals surface area contributed by atoms with Crippen molar-refractivity contribution in [2.45, 2.75) is 12.8 Å². The Bertz CT molecular complexity index is 1120. The number of carbonyl (C=O) groups excluding carboxylic acids is 2. The van der Waals surface area contributed by atoms with Crippen LogP contribution in [0.4, 0.5) is 4.79 Å².